The van der Waals surface area contributed by atoms with Crippen molar-refractivity contribution in [3.63, 3.8) is 0 Å². The highest BCUT2D eigenvalue weighted by molar-refractivity contribution is 7.89. The molecule has 0 radical (unpaired) electrons. The number of rotatable bonds is 5. The van der Waals surface area contributed by atoms with Crippen molar-refractivity contribution in [2.75, 3.05) is 26.2 Å². The fourth-order valence-corrected chi connectivity index (χ4v) is 5.59. The van der Waals surface area contributed by atoms with Gasteiger partial charge in [-0.05, 0) is 61.5 Å². The first-order chi connectivity index (χ1) is 15.6. The molecule has 0 bridgehead atoms. The van der Waals surface area contributed by atoms with Gasteiger partial charge in [0.1, 0.15) is 0 Å². The molecule has 4 rings (SSSR count). The zero-order chi connectivity index (χ0) is 23.8. The van der Waals surface area contributed by atoms with Crippen molar-refractivity contribution >= 4 is 26.0 Å². The highest BCUT2D eigenvalue weighted by atomic mass is 32.2. The van der Waals surface area contributed by atoms with Crippen LogP contribution in [0.1, 0.15) is 16.1 Å². The highest BCUT2D eigenvalue weighted by Gasteiger charge is 2.30. The van der Waals surface area contributed by atoms with E-state index in [0.29, 0.717) is 5.56 Å². The van der Waals surface area contributed by atoms with E-state index in [-0.39, 0.29) is 41.9 Å². The number of aromatic nitrogens is 2. The maximum atomic E-state index is 12.9. The summed E-state index contributed by atoms with van der Waals surface area (Å²) in [6.07, 6.45) is 1.70. The number of benzene rings is 2. The van der Waals surface area contributed by atoms with Crippen LogP contribution in [-0.4, -0.2) is 67.9 Å². The van der Waals surface area contributed by atoms with Gasteiger partial charge in [0, 0.05) is 43.6 Å². The Balaban J connectivity index is 1.42. The van der Waals surface area contributed by atoms with Gasteiger partial charge in [-0.1, -0.05) is 0 Å². The molecule has 0 atom stereocenters. The lowest BCUT2D eigenvalue weighted by atomic mass is 10.1. The Kier molecular flexibility index (Phi) is 6.10. The Morgan fingerprint density at radius 2 is 1.42 bits per heavy atom. The molecule has 1 saturated heterocycles. The molecule has 2 N–H and O–H groups in total. The maximum Gasteiger partial charge on any atom is 0.253 e. The van der Waals surface area contributed by atoms with Crippen LogP contribution in [-0.2, 0) is 20.0 Å². The van der Waals surface area contributed by atoms with E-state index >= 15 is 0 Å². The number of nitrogens with two attached hydrogens (primary N) is 1. The molecule has 0 aliphatic carbocycles. The average molecular weight is 490 g/mol. The zero-order valence-corrected chi connectivity index (χ0v) is 19.5. The van der Waals surface area contributed by atoms with E-state index in [9.17, 15) is 21.6 Å². The van der Waals surface area contributed by atoms with Crippen molar-refractivity contribution in [3.8, 4) is 5.69 Å². The van der Waals surface area contributed by atoms with Gasteiger partial charge in [-0.2, -0.15) is 9.40 Å². The van der Waals surface area contributed by atoms with Gasteiger partial charge in [-0.25, -0.2) is 26.7 Å². The van der Waals surface area contributed by atoms with Gasteiger partial charge in [-0.15, -0.1) is 0 Å². The second-order valence-electron chi connectivity index (χ2n) is 7.64. The summed E-state index contributed by atoms with van der Waals surface area (Å²) in [5, 5.41) is 9.31. The molecule has 1 aliphatic heterocycles. The quantitative estimate of drug-likeness (QED) is 0.567. The molecule has 2 aromatic carbocycles. The van der Waals surface area contributed by atoms with Crippen LogP contribution >= 0.6 is 0 Å². The summed E-state index contributed by atoms with van der Waals surface area (Å²) in [4.78, 5) is 14.3. The third kappa shape index (κ3) is 4.69. The number of hydrogen-bond donors (Lipinski definition) is 1. The molecule has 3 aromatic rings. The van der Waals surface area contributed by atoms with E-state index in [1.165, 1.54) is 16.4 Å². The number of amides is 1. The van der Waals surface area contributed by atoms with E-state index in [4.69, 9.17) is 5.14 Å². The van der Waals surface area contributed by atoms with Gasteiger partial charge in [0.05, 0.1) is 15.5 Å². The first-order valence-electron chi connectivity index (χ1n) is 10.1. The molecule has 1 aromatic heterocycles. The zero-order valence-electron chi connectivity index (χ0n) is 17.8. The standard InChI is InChI=1S/C21H23N5O5S2/c1-16-10-11-23-26(16)18-4-2-17(3-5-18)21(27)24-12-14-25(15-13-24)33(30,31)20-8-6-19(7-9-20)32(22,28)29/h2-11H,12-15H2,1H3,(H2,22,28,29). The third-order valence-electron chi connectivity index (χ3n) is 5.51. The van der Waals surface area contributed by atoms with Crippen molar-refractivity contribution in [2.24, 2.45) is 5.14 Å². The van der Waals surface area contributed by atoms with Crippen LogP contribution in [0.2, 0.25) is 0 Å². The van der Waals surface area contributed by atoms with Crippen LogP contribution < -0.4 is 5.14 Å². The lowest BCUT2D eigenvalue weighted by Crippen LogP contribution is -2.50. The molecule has 2 heterocycles. The molecule has 1 fully saturated rings. The van der Waals surface area contributed by atoms with Crippen molar-refractivity contribution in [1.82, 2.24) is 19.0 Å². The third-order valence-corrected chi connectivity index (χ3v) is 8.35. The fourth-order valence-electron chi connectivity index (χ4n) is 3.65. The molecule has 0 saturated carbocycles. The lowest BCUT2D eigenvalue weighted by Gasteiger charge is -2.34. The number of sulfonamides is 2. The number of nitrogens with zero attached hydrogens (tertiary/aromatic N) is 4. The van der Waals surface area contributed by atoms with Crippen LogP contribution in [0.25, 0.3) is 5.69 Å². The number of carbonyl (C=O) groups excluding carboxylic acids is 1. The Labute approximate surface area is 192 Å². The van der Waals surface area contributed by atoms with Crippen LogP contribution in [0.4, 0.5) is 0 Å². The summed E-state index contributed by atoms with van der Waals surface area (Å²) in [6, 6.07) is 13.8. The largest absolute Gasteiger partial charge is 0.336 e. The summed E-state index contributed by atoms with van der Waals surface area (Å²) < 4.78 is 51.6. The van der Waals surface area contributed by atoms with Gasteiger partial charge >= 0.3 is 0 Å². The second kappa shape index (κ2) is 8.71. The van der Waals surface area contributed by atoms with Gasteiger partial charge in [-0.3, -0.25) is 4.79 Å². The molecule has 10 nitrogen and oxygen atoms in total. The molecular weight excluding hydrogens is 466 g/mol. The van der Waals surface area contributed by atoms with Crippen LogP contribution in [0, 0.1) is 6.92 Å². The molecule has 1 amide bonds. The van der Waals surface area contributed by atoms with E-state index in [0.717, 1.165) is 23.5 Å². The molecule has 12 heteroatoms. The predicted octanol–water partition coefficient (Wildman–Crippen LogP) is 0.975. The number of hydrogen-bond acceptors (Lipinski definition) is 6. The number of carbonyl (C=O) groups is 1. The lowest BCUT2D eigenvalue weighted by molar-refractivity contribution is 0.0698. The molecule has 1 aliphatic rings. The number of aryl methyl sites for hydroxylation is 1. The normalized spacial score (nSPS) is 15.5. The summed E-state index contributed by atoms with van der Waals surface area (Å²) in [6.45, 7) is 2.69. The smallest absolute Gasteiger partial charge is 0.253 e. The first kappa shape index (κ1) is 23.1. The van der Waals surface area contributed by atoms with Crippen molar-refractivity contribution in [2.45, 2.75) is 16.7 Å². The van der Waals surface area contributed by atoms with Crippen LogP contribution in [0.15, 0.2) is 70.6 Å². The second-order valence-corrected chi connectivity index (χ2v) is 11.1. The van der Waals surface area contributed by atoms with Gasteiger partial charge in [0.25, 0.3) is 5.91 Å². The van der Waals surface area contributed by atoms with Crippen LogP contribution in [0.3, 0.4) is 0 Å². The molecular formula is C21H23N5O5S2. The summed E-state index contributed by atoms with van der Waals surface area (Å²) in [5.74, 6) is -0.173. The van der Waals surface area contributed by atoms with Crippen molar-refractivity contribution < 1.29 is 21.6 Å². The molecule has 174 valence electrons. The van der Waals surface area contributed by atoms with Crippen LogP contribution in [0.5, 0.6) is 0 Å². The summed E-state index contributed by atoms with van der Waals surface area (Å²) in [5.41, 5.74) is 2.34. The van der Waals surface area contributed by atoms with Crippen molar-refractivity contribution in [3.05, 3.63) is 72.1 Å². The van der Waals surface area contributed by atoms with Gasteiger partial charge in [0.2, 0.25) is 20.0 Å². The molecule has 33 heavy (non-hydrogen) atoms. The molecule has 0 spiro atoms. The van der Waals surface area contributed by atoms with E-state index < -0.39 is 20.0 Å². The summed E-state index contributed by atoms with van der Waals surface area (Å²) in [7, 11) is -7.73. The van der Waals surface area contributed by atoms with E-state index in [1.807, 2.05) is 25.1 Å². The fraction of sp³-hybridized carbons (Fsp3) is 0.238. The number of piperazine rings is 1. The Bertz CT molecular complexity index is 1370. The maximum absolute atomic E-state index is 12.9. The van der Waals surface area contributed by atoms with Gasteiger partial charge in [0.15, 0.2) is 0 Å². The Morgan fingerprint density at radius 3 is 1.94 bits per heavy atom. The Morgan fingerprint density at radius 1 is 0.848 bits per heavy atom. The topological polar surface area (TPSA) is 136 Å². The minimum Gasteiger partial charge on any atom is -0.336 e. The molecule has 0 unspecified atom stereocenters. The first-order valence-corrected chi connectivity index (χ1v) is 13.1. The van der Waals surface area contributed by atoms with Gasteiger partial charge < -0.3 is 4.90 Å². The van der Waals surface area contributed by atoms with E-state index in [2.05, 4.69) is 5.10 Å². The van der Waals surface area contributed by atoms with E-state index in [1.54, 1.807) is 27.9 Å². The van der Waals surface area contributed by atoms with Crippen molar-refractivity contribution in [1.29, 1.82) is 0 Å². The SMILES string of the molecule is Cc1ccnn1-c1ccc(C(=O)N2CCN(S(=O)(=O)c3ccc(S(N)(=O)=O)cc3)CC2)cc1. The minimum atomic E-state index is -3.91. The highest BCUT2D eigenvalue weighted by Crippen LogP contribution is 2.20. The minimum absolute atomic E-state index is 0.0285. The Hall–Kier alpha value is -3.06. The predicted molar refractivity (Wildman–Crippen MR) is 121 cm³/mol. The number of primary sulfonamides is 1. The summed E-state index contributed by atoms with van der Waals surface area (Å²) >= 11 is 0. The monoisotopic (exact) mass is 489 g/mol. The average Bonchev–Trinajstić information content (AvgIpc) is 3.24.